The summed E-state index contributed by atoms with van der Waals surface area (Å²) >= 11 is 0. The first-order chi connectivity index (χ1) is 9.70. The van der Waals surface area contributed by atoms with Gasteiger partial charge in [0.05, 0.1) is 0 Å². The number of hydrogen-bond donors (Lipinski definition) is 1. The monoisotopic (exact) mass is 275 g/mol. The second-order valence-corrected chi connectivity index (χ2v) is 6.14. The topological polar surface area (TPSA) is 32.5 Å². The summed E-state index contributed by atoms with van der Waals surface area (Å²) in [4.78, 5) is 4.96. The van der Waals surface area contributed by atoms with Crippen molar-refractivity contribution in [2.45, 2.75) is 37.8 Å². The van der Waals surface area contributed by atoms with Crippen molar-refractivity contribution in [1.82, 2.24) is 9.80 Å². The van der Waals surface area contributed by atoms with E-state index < -0.39 is 0 Å². The molecule has 1 aliphatic rings. The first-order valence-corrected chi connectivity index (χ1v) is 7.85. The van der Waals surface area contributed by atoms with Gasteiger partial charge in [-0.2, -0.15) is 0 Å². The summed E-state index contributed by atoms with van der Waals surface area (Å²) in [7, 11) is 4.38. The van der Waals surface area contributed by atoms with Crippen molar-refractivity contribution in [3.05, 3.63) is 35.9 Å². The molecule has 2 rings (SSSR count). The fourth-order valence-corrected chi connectivity index (χ4v) is 3.19. The largest absolute Gasteiger partial charge is 0.329 e. The molecule has 2 N–H and O–H groups in total. The van der Waals surface area contributed by atoms with Crippen molar-refractivity contribution in [2.75, 3.05) is 33.7 Å². The molecule has 0 aliphatic carbocycles. The quantitative estimate of drug-likeness (QED) is 0.861. The van der Waals surface area contributed by atoms with Gasteiger partial charge in [-0.25, -0.2) is 0 Å². The van der Waals surface area contributed by atoms with Crippen LogP contribution < -0.4 is 5.73 Å². The van der Waals surface area contributed by atoms with Gasteiger partial charge in [0, 0.05) is 18.6 Å². The van der Waals surface area contributed by atoms with Crippen LogP contribution in [0.3, 0.4) is 0 Å². The molecule has 1 aromatic carbocycles. The van der Waals surface area contributed by atoms with Crippen LogP contribution in [-0.2, 0) is 6.42 Å². The van der Waals surface area contributed by atoms with Gasteiger partial charge in [0.15, 0.2) is 0 Å². The summed E-state index contributed by atoms with van der Waals surface area (Å²) in [6.07, 6.45) is 4.85. The lowest BCUT2D eigenvalue weighted by atomic mass is 9.99. The Morgan fingerprint density at radius 3 is 2.40 bits per heavy atom. The van der Waals surface area contributed by atoms with Crippen LogP contribution in [0.5, 0.6) is 0 Å². The molecule has 0 saturated carbocycles. The second kappa shape index (κ2) is 7.77. The first kappa shape index (κ1) is 15.5. The first-order valence-electron chi connectivity index (χ1n) is 7.85. The molecule has 1 aromatic rings. The summed E-state index contributed by atoms with van der Waals surface area (Å²) in [6.45, 7) is 3.17. The third kappa shape index (κ3) is 4.30. The lowest BCUT2D eigenvalue weighted by Crippen LogP contribution is -2.48. The van der Waals surface area contributed by atoms with Crippen LogP contribution in [0.15, 0.2) is 30.3 Å². The van der Waals surface area contributed by atoms with E-state index in [2.05, 4.69) is 54.2 Å². The molecule has 1 fully saturated rings. The normalized spacial score (nSPS) is 19.4. The molecule has 3 nitrogen and oxygen atoms in total. The average molecular weight is 275 g/mol. The van der Waals surface area contributed by atoms with Gasteiger partial charge < -0.3 is 10.6 Å². The number of piperidine rings is 1. The van der Waals surface area contributed by atoms with Crippen molar-refractivity contribution >= 4 is 0 Å². The van der Waals surface area contributed by atoms with E-state index >= 15 is 0 Å². The molecule has 0 amide bonds. The van der Waals surface area contributed by atoms with Crippen molar-refractivity contribution in [1.29, 1.82) is 0 Å². The molecule has 20 heavy (non-hydrogen) atoms. The number of aryl methyl sites for hydroxylation is 1. The van der Waals surface area contributed by atoms with Gasteiger partial charge in [0.2, 0.25) is 0 Å². The lowest BCUT2D eigenvalue weighted by Gasteiger charge is -2.39. The number of hydrogen-bond acceptors (Lipinski definition) is 3. The predicted octanol–water partition coefficient (Wildman–Crippen LogP) is 1.97. The number of likely N-dealkylation sites (tertiary alicyclic amines) is 1. The average Bonchev–Trinajstić information content (AvgIpc) is 2.49. The van der Waals surface area contributed by atoms with Crippen LogP contribution in [0.2, 0.25) is 0 Å². The highest BCUT2D eigenvalue weighted by Gasteiger charge is 2.24. The minimum absolute atomic E-state index is 0.540. The molecule has 1 heterocycles. The SMILES string of the molecule is CN(C)C1CCN(C(CN)CCc2ccccc2)CC1. The number of nitrogens with two attached hydrogens (primary N) is 1. The number of benzene rings is 1. The summed E-state index contributed by atoms with van der Waals surface area (Å²) in [5, 5.41) is 0. The highest BCUT2D eigenvalue weighted by molar-refractivity contribution is 5.14. The Kier molecular flexibility index (Phi) is 6.02. The molecule has 1 atom stereocenters. The minimum Gasteiger partial charge on any atom is -0.329 e. The van der Waals surface area contributed by atoms with E-state index in [1.54, 1.807) is 0 Å². The maximum absolute atomic E-state index is 6.01. The lowest BCUT2D eigenvalue weighted by molar-refractivity contribution is 0.107. The van der Waals surface area contributed by atoms with Crippen LogP contribution in [-0.4, -0.2) is 55.6 Å². The Bertz CT molecular complexity index is 369. The van der Waals surface area contributed by atoms with Crippen LogP contribution in [0.25, 0.3) is 0 Å². The third-order valence-corrected chi connectivity index (χ3v) is 4.63. The van der Waals surface area contributed by atoms with Crippen LogP contribution in [0.1, 0.15) is 24.8 Å². The van der Waals surface area contributed by atoms with Gasteiger partial charge in [-0.05, 0) is 58.4 Å². The van der Waals surface area contributed by atoms with Crippen LogP contribution >= 0.6 is 0 Å². The maximum Gasteiger partial charge on any atom is 0.0221 e. The molecule has 1 saturated heterocycles. The second-order valence-electron chi connectivity index (χ2n) is 6.14. The molecular formula is C17H29N3. The zero-order valence-electron chi connectivity index (χ0n) is 13.0. The molecule has 1 unspecified atom stereocenters. The fraction of sp³-hybridized carbons (Fsp3) is 0.647. The summed E-state index contributed by atoms with van der Waals surface area (Å²) < 4.78 is 0. The Balaban J connectivity index is 1.80. The summed E-state index contributed by atoms with van der Waals surface area (Å²) in [6, 6.07) is 12.0. The van der Waals surface area contributed by atoms with Crippen molar-refractivity contribution in [3.63, 3.8) is 0 Å². The molecule has 0 spiro atoms. The van der Waals surface area contributed by atoms with Gasteiger partial charge in [0.1, 0.15) is 0 Å². The van der Waals surface area contributed by atoms with Gasteiger partial charge in [-0.3, -0.25) is 4.90 Å². The molecule has 0 aromatic heterocycles. The van der Waals surface area contributed by atoms with E-state index in [0.717, 1.165) is 19.0 Å². The third-order valence-electron chi connectivity index (χ3n) is 4.63. The summed E-state index contributed by atoms with van der Waals surface area (Å²) in [5.41, 5.74) is 7.44. The predicted molar refractivity (Wildman–Crippen MR) is 85.9 cm³/mol. The standard InChI is InChI=1S/C17H29N3/c1-19(2)16-10-12-20(13-11-16)17(14-18)9-8-15-6-4-3-5-7-15/h3-7,16-17H,8-14,18H2,1-2H3. The summed E-state index contributed by atoms with van der Waals surface area (Å²) in [5.74, 6) is 0. The van der Waals surface area contributed by atoms with Crippen LogP contribution in [0, 0.1) is 0 Å². The van der Waals surface area contributed by atoms with Gasteiger partial charge >= 0.3 is 0 Å². The van der Waals surface area contributed by atoms with Gasteiger partial charge in [-0.15, -0.1) is 0 Å². The van der Waals surface area contributed by atoms with E-state index in [1.165, 1.54) is 37.9 Å². The highest BCUT2D eigenvalue weighted by atomic mass is 15.2. The smallest absolute Gasteiger partial charge is 0.0221 e. The molecule has 112 valence electrons. The fourth-order valence-electron chi connectivity index (χ4n) is 3.19. The highest BCUT2D eigenvalue weighted by Crippen LogP contribution is 2.18. The van der Waals surface area contributed by atoms with Gasteiger partial charge in [0.25, 0.3) is 0 Å². The Hall–Kier alpha value is -0.900. The van der Waals surface area contributed by atoms with E-state index in [1.807, 2.05) is 0 Å². The molecule has 0 radical (unpaired) electrons. The minimum atomic E-state index is 0.540. The van der Waals surface area contributed by atoms with E-state index in [4.69, 9.17) is 5.73 Å². The van der Waals surface area contributed by atoms with Crippen molar-refractivity contribution < 1.29 is 0 Å². The zero-order chi connectivity index (χ0) is 14.4. The van der Waals surface area contributed by atoms with Crippen molar-refractivity contribution in [3.8, 4) is 0 Å². The maximum atomic E-state index is 6.01. The molecule has 1 aliphatic heterocycles. The Morgan fingerprint density at radius 1 is 1.20 bits per heavy atom. The van der Waals surface area contributed by atoms with E-state index in [-0.39, 0.29) is 0 Å². The van der Waals surface area contributed by atoms with Crippen molar-refractivity contribution in [2.24, 2.45) is 5.73 Å². The van der Waals surface area contributed by atoms with Gasteiger partial charge in [-0.1, -0.05) is 30.3 Å². The van der Waals surface area contributed by atoms with Crippen LogP contribution in [0.4, 0.5) is 0 Å². The number of rotatable bonds is 6. The molecular weight excluding hydrogens is 246 g/mol. The molecule has 0 bridgehead atoms. The van der Waals surface area contributed by atoms with E-state index in [9.17, 15) is 0 Å². The zero-order valence-corrected chi connectivity index (χ0v) is 13.0. The Morgan fingerprint density at radius 2 is 1.85 bits per heavy atom. The molecule has 3 heteroatoms. The number of nitrogens with zero attached hydrogens (tertiary/aromatic N) is 2. The Labute approximate surface area is 123 Å². The van der Waals surface area contributed by atoms with E-state index in [0.29, 0.717) is 6.04 Å².